The Morgan fingerprint density at radius 1 is 1.17 bits per heavy atom. The van der Waals surface area contributed by atoms with Crippen molar-refractivity contribution in [2.24, 2.45) is 17.4 Å². The molecule has 8 nitrogen and oxygen atoms in total. The predicted molar refractivity (Wildman–Crippen MR) is 82.6 cm³/mol. The number of Topliss-reactive ketones (excluding diaryl/α,β-unsaturated/α-hetero) is 1. The van der Waals surface area contributed by atoms with Crippen LogP contribution < -0.4 is 11.5 Å². The Morgan fingerprint density at radius 3 is 2.29 bits per heavy atom. The standard InChI is InChI=1S/C16H13N3O5/c17-9-5-8(14(21)22)16(19,15(23)24)11-10(9)13(20)7-4-2-1-3-6(7)12(11)18/h1-5,8,18H,17,19H2,(H,21,22)(H,23,24). The number of carbonyl (C=O) groups excluding carboxylic acids is 1. The smallest absolute Gasteiger partial charge is 0.329 e. The molecule has 8 heteroatoms. The molecule has 7 N–H and O–H groups in total. The van der Waals surface area contributed by atoms with Crippen LogP contribution in [0.4, 0.5) is 0 Å². The minimum absolute atomic E-state index is 0.191. The summed E-state index contributed by atoms with van der Waals surface area (Å²) >= 11 is 0. The molecule has 122 valence electrons. The van der Waals surface area contributed by atoms with Gasteiger partial charge in [0.25, 0.3) is 0 Å². The van der Waals surface area contributed by atoms with Crippen LogP contribution in [0.15, 0.2) is 47.2 Å². The highest BCUT2D eigenvalue weighted by molar-refractivity contribution is 6.32. The van der Waals surface area contributed by atoms with E-state index in [9.17, 15) is 24.6 Å². The lowest BCUT2D eigenvalue weighted by molar-refractivity contribution is -0.151. The molecule has 1 aromatic rings. The van der Waals surface area contributed by atoms with Crippen molar-refractivity contribution in [2.75, 3.05) is 0 Å². The highest BCUT2D eigenvalue weighted by Crippen LogP contribution is 2.41. The van der Waals surface area contributed by atoms with Crippen LogP contribution in [0, 0.1) is 11.3 Å². The van der Waals surface area contributed by atoms with E-state index in [1.807, 2.05) is 0 Å². The highest BCUT2D eigenvalue weighted by atomic mass is 16.4. The molecule has 0 aromatic heterocycles. The van der Waals surface area contributed by atoms with Crippen LogP contribution in [-0.4, -0.2) is 39.2 Å². The summed E-state index contributed by atoms with van der Waals surface area (Å²) in [5.74, 6) is -5.44. The van der Waals surface area contributed by atoms with Gasteiger partial charge in [-0.05, 0) is 6.08 Å². The lowest BCUT2D eigenvalue weighted by Gasteiger charge is -2.39. The molecule has 0 fully saturated rings. The first-order valence-electron chi connectivity index (χ1n) is 6.91. The highest BCUT2D eigenvalue weighted by Gasteiger charge is 2.55. The van der Waals surface area contributed by atoms with Gasteiger partial charge in [-0.2, -0.15) is 0 Å². The molecule has 0 saturated heterocycles. The quantitative estimate of drug-likeness (QED) is 0.504. The zero-order valence-electron chi connectivity index (χ0n) is 12.2. The number of allylic oxidation sites excluding steroid dienone is 1. The van der Waals surface area contributed by atoms with E-state index in [-0.39, 0.29) is 33.7 Å². The molecule has 2 atom stereocenters. The minimum atomic E-state index is -2.47. The number of carbonyl (C=O) groups is 3. The molecule has 0 aliphatic heterocycles. The summed E-state index contributed by atoms with van der Waals surface area (Å²) in [5.41, 5.74) is 8.59. The second-order valence-corrected chi connectivity index (χ2v) is 5.61. The van der Waals surface area contributed by atoms with E-state index >= 15 is 0 Å². The summed E-state index contributed by atoms with van der Waals surface area (Å²) in [6.07, 6.45) is 0.953. The van der Waals surface area contributed by atoms with Crippen LogP contribution in [0.25, 0.3) is 0 Å². The first-order valence-corrected chi connectivity index (χ1v) is 6.91. The Balaban J connectivity index is 2.38. The zero-order valence-corrected chi connectivity index (χ0v) is 12.2. The number of nitrogens with two attached hydrogens (primary N) is 2. The first kappa shape index (κ1) is 15.6. The van der Waals surface area contributed by atoms with Crippen molar-refractivity contribution in [1.29, 1.82) is 5.41 Å². The van der Waals surface area contributed by atoms with Crippen LogP contribution in [0.5, 0.6) is 0 Å². The second-order valence-electron chi connectivity index (χ2n) is 5.61. The zero-order chi connectivity index (χ0) is 17.8. The number of nitrogens with one attached hydrogen (secondary N) is 1. The molecule has 0 heterocycles. The van der Waals surface area contributed by atoms with Gasteiger partial charge >= 0.3 is 11.9 Å². The molecule has 0 bridgehead atoms. The Bertz CT molecular complexity index is 899. The summed E-state index contributed by atoms with van der Waals surface area (Å²) < 4.78 is 0. The monoisotopic (exact) mass is 327 g/mol. The Hall–Kier alpha value is -3.26. The Labute approximate surface area is 135 Å². The van der Waals surface area contributed by atoms with Crippen molar-refractivity contribution in [2.45, 2.75) is 5.54 Å². The third-order valence-electron chi connectivity index (χ3n) is 4.33. The maximum atomic E-state index is 12.7. The number of carboxylic acids is 2. The van der Waals surface area contributed by atoms with Crippen molar-refractivity contribution in [3.05, 3.63) is 58.3 Å². The number of rotatable bonds is 2. The predicted octanol–water partition coefficient (Wildman–Crippen LogP) is -0.114. The largest absolute Gasteiger partial charge is 0.481 e. The fraction of sp³-hybridized carbons (Fsp3) is 0.125. The van der Waals surface area contributed by atoms with Gasteiger partial charge in [-0.1, -0.05) is 24.3 Å². The van der Waals surface area contributed by atoms with Gasteiger partial charge in [0.05, 0.1) is 11.3 Å². The Morgan fingerprint density at radius 2 is 1.75 bits per heavy atom. The lowest BCUT2D eigenvalue weighted by atomic mass is 9.65. The normalized spacial score (nSPS) is 25.7. The van der Waals surface area contributed by atoms with Gasteiger partial charge in [0, 0.05) is 22.4 Å². The number of fused-ring (bicyclic) bond motifs is 1. The second kappa shape index (κ2) is 4.87. The molecule has 2 aliphatic carbocycles. The van der Waals surface area contributed by atoms with E-state index in [2.05, 4.69) is 0 Å². The average molecular weight is 327 g/mol. The first-order chi connectivity index (χ1) is 11.2. The SMILES string of the molecule is N=C1C2=C(C(=O)c3ccccc31)C(N)=CC(C(=O)O)C2(N)C(=O)O. The average Bonchev–Trinajstić information content (AvgIpc) is 2.53. The van der Waals surface area contributed by atoms with Crippen molar-refractivity contribution in [1.82, 2.24) is 0 Å². The molecule has 0 radical (unpaired) electrons. The third kappa shape index (κ3) is 1.77. The minimum Gasteiger partial charge on any atom is -0.481 e. The fourth-order valence-corrected chi connectivity index (χ4v) is 3.15. The van der Waals surface area contributed by atoms with E-state index in [0.717, 1.165) is 6.08 Å². The molecule has 24 heavy (non-hydrogen) atoms. The van der Waals surface area contributed by atoms with Crippen molar-refractivity contribution >= 4 is 23.4 Å². The molecule has 3 rings (SSSR count). The van der Waals surface area contributed by atoms with Crippen LogP contribution in [-0.2, 0) is 9.59 Å². The summed E-state index contributed by atoms with van der Waals surface area (Å²) in [6, 6.07) is 6.16. The number of aliphatic carboxylic acids is 2. The summed E-state index contributed by atoms with van der Waals surface area (Å²) in [5, 5.41) is 27.3. The van der Waals surface area contributed by atoms with Crippen LogP contribution in [0.1, 0.15) is 15.9 Å². The van der Waals surface area contributed by atoms with Gasteiger partial charge in [0.15, 0.2) is 11.3 Å². The molecular formula is C16H13N3O5. The van der Waals surface area contributed by atoms with Gasteiger partial charge < -0.3 is 21.7 Å². The van der Waals surface area contributed by atoms with Gasteiger partial charge in [0.1, 0.15) is 5.92 Å². The van der Waals surface area contributed by atoms with Crippen LogP contribution >= 0.6 is 0 Å². The molecule has 0 spiro atoms. The van der Waals surface area contributed by atoms with E-state index < -0.39 is 29.2 Å². The van der Waals surface area contributed by atoms with Gasteiger partial charge in [-0.25, -0.2) is 4.79 Å². The van der Waals surface area contributed by atoms with E-state index in [4.69, 9.17) is 16.9 Å². The topological polar surface area (TPSA) is 168 Å². The molecule has 1 aromatic carbocycles. The Kier molecular flexibility index (Phi) is 3.17. The lowest BCUT2D eigenvalue weighted by Crippen LogP contribution is -2.62. The molecule has 0 saturated carbocycles. The van der Waals surface area contributed by atoms with Crippen molar-refractivity contribution in [3.8, 4) is 0 Å². The van der Waals surface area contributed by atoms with Crippen LogP contribution in [0.2, 0.25) is 0 Å². The summed E-state index contributed by atoms with van der Waals surface area (Å²) in [7, 11) is 0. The number of benzene rings is 1. The van der Waals surface area contributed by atoms with Crippen molar-refractivity contribution < 1.29 is 24.6 Å². The van der Waals surface area contributed by atoms with E-state index in [1.54, 1.807) is 12.1 Å². The number of ketones is 1. The van der Waals surface area contributed by atoms with Gasteiger partial charge in [-0.15, -0.1) is 0 Å². The van der Waals surface area contributed by atoms with Gasteiger partial charge in [-0.3, -0.25) is 15.0 Å². The molecule has 0 amide bonds. The number of hydrogen-bond acceptors (Lipinski definition) is 6. The molecular weight excluding hydrogens is 314 g/mol. The maximum absolute atomic E-state index is 12.7. The van der Waals surface area contributed by atoms with Crippen LogP contribution in [0.3, 0.4) is 0 Å². The summed E-state index contributed by atoms with van der Waals surface area (Å²) in [6.45, 7) is 0. The van der Waals surface area contributed by atoms with Crippen molar-refractivity contribution in [3.63, 3.8) is 0 Å². The molecule has 2 unspecified atom stereocenters. The third-order valence-corrected chi connectivity index (χ3v) is 4.33. The van der Waals surface area contributed by atoms with Gasteiger partial charge in [0.2, 0.25) is 0 Å². The maximum Gasteiger partial charge on any atom is 0.329 e. The van der Waals surface area contributed by atoms with E-state index in [0.29, 0.717) is 0 Å². The van der Waals surface area contributed by atoms with E-state index in [1.165, 1.54) is 12.1 Å². The molecule has 2 aliphatic rings. The number of hydrogen-bond donors (Lipinski definition) is 5. The number of carboxylic acid groups (broad SMARTS) is 2. The summed E-state index contributed by atoms with van der Waals surface area (Å²) in [4.78, 5) is 36.0. The fourth-order valence-electron chi connectivity index (χ4n) is 3.15.